The van der Waals surface area contributed by atoms with E-state index in [-0.39, 0.29) is 24.4 Å². The second-order valence-corrected chi connectivity index (χ2v) is 10.6. The molecule has 1 aliphatic heterocycles. The van der Waals surface area contributed by atoms with E-state index < -0.39 is 5.97 Å². The third kappa shape index (κ3) is 4.67. The standard InChI is InChI=1S/C27H28Cl2N2O4/c1-14-9-16(27(33)34)7-8-22(14)31-12-17-10-18(31)11-23(17)35-13-19(26(32)15-5-6-15)25(30)24-20(28)3-2-4-21(24)29/h2-4,7-9,15,17-18,23H,5-6,10-13,30H2,1H3,(H,33,34)/t17-,18-,23+/m0/s1. The highest BCUT2D eigenvalue weighted by Crippen LogP contribution is 2.43. The Labute approximate surface area is 214 Å². The molecule has 35 heavy (non-hydrogen) atoms. The fraction of sp³-hybridized carbons (Fsp3) is 0.407. The first-order valence-corrected chi connectivity index (χ1v) is 12.7. The third-order valence-electron chi connectivity index (χ3n) is 7.47. The predicted molar refractivity (Wildman–Crippen MR) is 137 cm³/mol. The lowest BCUT2D eigenvalue weighted by atomic mass is 10.00. The van der Waals surface area contributed by atoms with E-state index in [1.54, 1.807) is 30.3 Å². The molecule has 0 unspecified atom stereocenters. The van der Waals surface area contributed by atoms with Gasteiger partial charge >= 0.3 is 5.97 Å². The van der Waals surface area contributed by atoms with Gasteiger partial charge < -0.3 is 20.5 Å². The number of fused-ring (bicyclic) bond motifs is 2. The van der Waals surface area contributed by atoms with E-state index in [2.05, 4.69) is 4.90 Å². The molecule has 1 heterocycles. The fourth-order valence-corrected chi connectivity index (χ4v) is 6.09. The monoisotopic (exact) mass is 514 g/mol. The molecule has 0 spiro atoms. The number of piperidine rings is 1. The van der Waals surface area contributed by atoms with E-state index in [1.165, 1.54) is 0 Å². The molecule has 6 nitrogen and oxygen atoms in total. The molecule has 3 fully saturated rings. The fourth-order valence-electron chi connectivity index (χ4n) is 5.49. The average molecular weight is 515 g/mol. The van der Waals surface area contributed by atoms with Gasteiger partial charge in [-0.25, -0.2) is 4.79 Å². The lowest BCUT2D eigenvalue weighted by molar-refractivity contribution is -0.117. The molecule has 0 aromatic heterocycles. The van der Waals surface area contributed by atoms with Crippen LogP contribution in [0, 0.1) is 18.8 Å². The molecule has 0 radical (unpaired) electrons. The maximum Gasteiger partial charge on any atom is 0.335 e. The lowest BCUT2D eigenvalue weighted by Gasteiger charge is -2.34. The number of carbonyl (C=O) groups is 2. The second-order valence-electron chi connectivity index (χ2n) is 9.82. The van der Waals surface area contributed by atoms with Crippen LogP contribution < -0.4 is 10.6 Å². The number of carboxylic acid groups (broad SMARTS) is 1. The van der Waals surface area contributed by atoms with E-state index >= 15 is 0 Å². The van der Waals surface area contributed by atoms with Gasteiger partial charge in [0.05, 0.1) is 34.0 Å². The minimum atomic E-state index is -0.919. The number of hydrogen-bond donors (Lipinski definition) is 2. The van der Waals surface area contributed by atoms with E-state index in [0.717, 1.165) is 43.5 Å². The molecule has 2 bridgehead atoms. The minimum absolute atomic E-state index is 0.000633. The maximum absolute atomic E-state index is 13.1. The molecule has 3 aliphatic rings. The zero-order valence-electron chi connectivity index (χ0n) is 19.5. The summed E-state index contributed by atoms with van der Waals surface area (Å²) in [6, 6.07) is 10.8. The number of rotatable bonds is 8. The SMILES string of the molecule is Cc1cc(C(=O)O)ccc1N1C[C@@H]2C[C@H]1C[C@H]2OCC(C(=O)C1CC1)=C(N)c1c(Cl)cccc1Cl. The zero-order valence-corrected chi connectivity index (χ0v) is 21.0. The van der Waals surface area contributed by atoms with Gasteiger partial charge in [0.25, 0.3) is 0 Å². The number of anilines is 1. The normalized spacial score (nSPS) is 24.0. The number of hydrogen-bond acceptors (Lipinski definition) is 5. The van der Waals surface area contributed by atoms with Crippen LogP contribution in [-0.4, -0.2) is 42.2 Å². The molecular formula is C27H28Cl2N2O4. The molecule has 2 aromatic carbocycles. The molecule has 3 N–H and O–H groups in total. The largest absolute Gasteiger partial charge is 0.478 e. The summed E-state index contributed by atoms with van der Waals surface area (Å²) in [6.45, 7) is 2.93. The molecule has 5 rings (SSSR count). The molecule has 8 heteroatoms. The Bertz CT molecular complexity index is 1200. The second kappa shape index (κ2) is 9.49. The van der Waals surface area contributed by atoms with Crippen molar-refractivity contribution >= 4 is 46.3 Å². The first-order valence-electron chi connectivity index (χ1n) is 11.9. The van der Waals surface area contributed by atoms with Gasteiger partial charge in [-0.2, -0.15) is 0 Å². The van der Waals surface area contributed by atoms with Crippen LogP contribution >= 0.6 is 23.2 Å². The number of aromatic carboxylic acids is 1. The van der Waals surface area contributed by atoms with Crippen LogP contribution in [0.3, 0.4) is 0 Å². The van der Waals surface area contributed by atoms with Crippen LogP contribution in [0.2, 0.25) is 10.0 Å². The predicted octanol–water partition coefficient (Wildman–Crippen LogP) is 5.33. The van der Waals surface area contributed by atoms with Crippen molar-refractivity contribution in [2.24, 2.45) is 17.6 Å². The van der Waals surface area contributed by atoms with Crippen molar-refractivity contribution in [2.45, 2.75) is 44.8 Å². The van der Waals surface area contributed by atoms with Gasteiger partial charge in [0.2, 0.25) is 0 Å². The Hall–Kier alpha value is -2.54. The van der Waals surface area contributed by atoms with E-state index in [0.29, 0.717) is 44.4 Å². The summed E-state index contributed by atoms with van der Waals surface area (Å²) in [5.41, 5.74) is 10.1. The number of aryl methyl sites for hydroxylation is 1. The minimum Gasteiger partial charge on any atom is -0.478 e. The topological polar surface area (TPSA) is 92.9 Å². The van der Waals surface area contributed by atoms with Crippen LogP contribution in [0.4, 0.5) is 5.69 Å². The number of ether oxygens (including phenoxy) is 1. The number of ketones is 1. The number of benzene rings is 2. The van der Waals surface area contributed by atoms with Crippen molar-refractivity contribution in [2.75, 3.05) is 18.1 Å². The quantitative estimate of drug-likeness (QED) is 0.462. The molecule has 184 valence electrons. The van der Waals surface area contributed by atoms with E-state index in [9.17, 15) is 14.7 Å². The number of carboxylic acids is 1. The highest BCUT2D eigenvalue weighted by Gasteiger charge is 2.46. The zero-order chi connectivity index (χ0) is 24.9. The Balaban J connectivity index is 1.31. The van der Waals surface area contributed by atoms with Gasteiger partial charge in [0, 0.05) is 41.2 Å². The summed E-state index contributed by atoms with van der Waals surface area (Å²) in [5.74, 6) is -0.558. The Morgan fingerprint density at radius 1 is 1.14 bits per heavy atom. The van der Waals surface area contributed by atoms with Gasteiger partial charge in [-0.15, -0.1) is 0 Å². The maximum atomic E-state index is 13.1. The lowest BCUT2D eigenvalue weighted by Crippen LogP contribution is -2.39. The van der Waals surface area contributed by atoms with Gasteiger partial charge in [0.15, 0.2) is 5.78 Å². The van der Waals surface area contributed by atoms with Gasteiger partial charge in [-0.3, -0.25) is 4.79 Å². The van der Waals surface area contributed by atoms with Crippen molar-refractivity contribution in [3.63, 3.8) is 0 Å². The molecule has 2 aromatic rings. The van der Waals surface area contributed by atoms with Crippen molar-refractivity contribution in [3.05, 3.63) is 68.7 Å². The van der Waals surface area contributed by atoms with Crippen molar-refractivity contribution in [1.29, 1.82) is 0 Å². The summed E-state index contributed by atoms with van der Waals surface area (Å²) >= 11 is 12.7. The summed E-state index contributed by atoms with van der Waals surface area (Å²) in [4.78, 5) is 26.7. The molecule has 0 amide bonds. The molecule has 3 atom stereocenters. The van der Waals surface area contributed by atoms with Crippen LogP contribution in [-0.2, 0) is 9.53 Å². The summed E-state index contributed by atoms with van der Waals surface area (Å²) in [7, 11) is 0. The molecule has 1 saturated heterocycles. The highest BCUT2D eigenvalue weighted by atomic mass is 35.5. The molecule has 2 saturated carbocycles. The molecular weight excluding hydrogens is 487 g/mol. The first kappa shape index (κ1) is 24.2. The van der Waals surface area contributed by atoms with Crippen molar-refractivity contribution in [3.8, 4) is 0 Å². The molecule has 2 aliphatic carbocycles. The van der Waals surface area contributed by atoms with E-state index in [4.69, 9.17) is 33.7 Å². The van der Waals surface area contributed by atoms with Crippen LogP contribution in [0.15, 0.2) is 42.0 Å². The van der Waals surface area contributed by atoms with Gasteiger partial charge in [-0.1, -0.05) is 29.3 Å². The van der Waals surface area contributed by atoms with Crippen LogP contribution in [0.25, 0.3) is 5.70 Å². The average Bonchev–Trinajstić information content (AvgIpc) is 3.49. The summed E-state index contributed by atoms with van der Waals surface area (Å²) < 4.78 is 6.34. The van der Waals surface area contributed by atoms with Crippen molar-refractivity contribution < 1.29 is 19.4 Å². The number of nitrogens with two attached hydrogens (primary N) is 1. The number of halogens is 2. The highest BCUT2D eigenvalue weighted by molar-refractivity contribution is 6.37. The summed E-state index contributed by atoms with van der Waals surface area (Å²) in [6.07, 6.45) is 3.63. The number of carbonyl (C=O) groups excluding carboxylic acids is 1. The van der Waals surface area contributed by atoms with Gasteiger partial charge in [-0.05, 0) is 68.5 Å². The van der Waals surface area contributed by atoms with Gasteiger partial charge in [0.1, 0.15) is 0 Å². The van der Waals surface area contributed by atoms with Crippen LogP contribution in [0.1, 0.15) is 47.2 Å². The van der Waals surface area contributed by atoms with Crippen LogP contribution in [0.5, 0.6) is 0 Å². The Morgan fingerprint density at radius 3 is 2.43 bits per heavy atom. The Morgan fingerprint density at radius 2 is 1.86 bits per heavy atom. The Kier molecular flexibility index (Phi) is 6.55. The number of Topliss-reactive ketones (excluding diaryl/α,β-unsaturated/α-hetero) is 1. The third-order valence-corrected chi connectivity index (χ3v) is 8.10. The number of nitrogens with zero attached hydrogens (tertiary/aromatic N) is 1. The smallest absolute Gasteiger partial charge is 0.335 e. The van der Waals surface area contributed by atoms with E-state index in [1.807, 2.05) is 13.0 Å². The first-order chi connectivity index (χ1) is 16.7. The van der Waals surface area contributed by atoms with Crippen molar-refractivity contribution in [1.82, 2.24) is 0 Å². The summed E-state index contributed by atoms with van der Waals surface area (Å²) in [5, 5.41) is 10.1.